The molecule has 1 saturated carbocycles. The second-order valence-corrected chi connectivity index (χ2v) is 9.92. The molecule has 1 heterocycles. The number of carbonyl (C=O) groups is 1. The van der Waals surface area contributed by atoms with E-state index in [2.05, 4.69) is 0 Å². The lowest BCUT2D eigenvalue weighted by atomic mass is 9.63. The highest BCUT2D eigenvalue weighted by Gasteiger charge is 2.48. The van der Waals surface area contributed by atoms with Gasteiger partial charge in [-0.3, -0.25) is 4.79 Å². The van der Waals surface area contributed by atoms with Gasteiger partial charge in [0.2, 0.25) is 15.9 Å². The topological polar surface area (TPSA) is 76.2 Å². The predicted octanol–water partition coefficient (Wildman–Crippen LogP) is 2.66. The number of hydrogen-bond donors (Lipinski definition) is 0. The summed E-state index contributed by atoms with van der Waals surface area (Å²) in [6, 6.07) is 14.7. The highest BCUT2D eigenvalue weighted by Crippen LogP contribution is 2.45. The summed E-state index contributed by atoms with van der Waals surface area (Å²) >= 11 is 0. The van der Waals surface area contributed by atoms with Crippen molar-refractivity contribution in [3.8, 4) is 11.5 Å². The fourth-order valence-corrected chi connectivity index (χ4v) is 6.07. The van der Waals surface area contributed by atoms with Crippen molar-refractivity contribution in [3.63, 3.8) is 0 Å². The summed E-state index contributed by atoms with van der Waals surface area (Å²) in [7, 11) is -0.840. The third kappa shape index (κ3) is 3.78. The quantitative estimate of drug-likeness (QED) is 0.685. The molecule has 31 heavy (non-hydrogen) atoms. The van der Waals surface area contributed by atoms with Gasteiger partial charge >= 0.3 is 0 Å². The van der Waals surface area contributed by atoms with Crippen LogP contribution in [0.1, 0.15) is 24.8 Å². The monoisotopic (exact) mass is 444 g/mol. The second kappa shape index (κ2) is 8.51. The van der Waals surface area contributed by atoms with Crippen LogP contribution in [0.15, 0.2) is 53.4 Å². The van der Waals surface area contributed by atoms with E-state index in [1.165, 1.54) is 24.6 Å². The summed E-state index contributed by atoms with van der Waals surface area (Å²) < 4.78 is 38.5. The number of sulfonamides is 1. The first-order valence-electron chi connectivity index (χ1n) is 10.5. The lowest BCUT2D eigenvalue weighted by molar-refractivity contribution is -0.142. The van der Waals surface area contributed by atoms with E-state index in [0.717, 1.165) is 24.8 Å². The molecule has 2 aromatic carbocycles. The molecular formula is C23H28N2O5S. The van der Waals surface area contributed by atoms with E-state index in [-0.39, 0.29) is 29.6 Å². The molecule has 2 aliphatic rings. The molecule has 1 aliphatic carbocycles. The summed E-state index contributed by atoms with van der Waals surface area (Å²) in [5.74, 6) is 0.834. The number of ether oxygens (including phenoxy) is 2. The van der Waals surface area contributed by atoms with Gasteiger partial charge in [-0.15, -0.1) is 0 Å². The molecule has 4 rings (SSSR count). The van der Waals surface area contributed by atoms with E-state index < -0.39 is 15.4 Å². The Morgan fingerprint density at radius 2 is 1.61 bits per heavy atom. The maximum Gasteiger partial charge on any atom is 0.247 e. The van der Waals surface area contributed by atoms with Crippen LogP contribution in [0.2, 0.25) is 0 Å². The zero-order chi connectivity index (χ0) is 22.1. The summed E-state index contributed by atoms with van der Waals surface area (Å²) in [5, 5.41) is 0. The minimum Gasteiger partial charge on any atom is -0.497 e. The average Bonchev–Trinajstić information content (AvgIpc) is 2.78. The number of carbonyl (C=O) groups excluding carboxylic acids is 1. The van der Waals surface area contributed by atoms with E-state index in [1.54, 1.807) is 12.1 Å². The maximum atomic E-state index is 13.4. The summed E-state index contributed by atoms with van der Waals surface area (Å²) in [6.45, 7) is 1.25. The van der Waals surface area contributed by atoms with E-state index >= 15 is 0 Å². The smallest absolute Gasteiger partial charge is 0.247 e. The van der Waals surface area contributed by atoms with Crippen molar-refractivity contribution in [2.75, 3.05) is 40.4 Å². The minimum atomic E-state index is -3.78. The van der Waals surface area contributed by atoms with Gasteiger partial charge in [0.05, 0.1) is 19.6 Å². The Kier molecular flexibility index (Phi) is 5.94. The van der Waals surface area contributed by atoms with Gasteiger partial charge < -0.3 is 14.4 Å². The molecule has 8 heteroatoms. The van der Waals surface area contributed by atoms with Gasteiger partial charge in [0, 0.05) is 32.2 Å². The average molecular weight is 445 g/mol. The third-order valence-corrected chi connectivity index (χ3v) is 8.38. The molecule has 1 saturated heterocycles. The van der Waals surface area contributed by atoms with Crippen LogP contribution in [-0.4, -0.2) is 63.9 Å². The standard InChI is InChI=1S/C23H28N2O5S/c1-29-19-9-10-20(30-2)21(17-19)31(27,28)25-15-13-24(14-16-25)22(26)23(11-6-12-23)18-7-4-3-5-8-18/h3-5,7-10,17H,6,11-16H2,1-2H3. The molecular weight excluding hydrogens is 416 g/mol. The van der Waals surface area contributed by atoms with Gasteiger partial charge in [-0.2, -0.15) is 4.31 Å². The van der Waals surface area contributed by atoms with Crippen LogP contribution in [0.5, 0.6) is 11.5 Å². The molecule has 1 amide bonds. The van der Waals surface area contributed by atoms with E-state index in [9.17, 15) is 13.2 Å². The van der Waals surface area contributed by atoms with Crippen LogP contribution in [0.3, 0.4) is 0 Å². The largest absolute Gasteiger partial charge is 0.497 e. The fraction of sp³-hybridized carbons (Fsp3) is 0.435. The third-order valence-electron chi connectivity index (χ3n) is 6.46. The number of nitrogens with zero attached hydrogens (tertiary/aromatic N) is 2. The molecule has 1 aliphatic heterocycles. The van der Waals surface area contributed by atoms with Crippen molar-refractivity contribution >= 4 is 15.9 Å². The molecule has 2 fully saturated rings. The van der Waals surface area contributed by atoms with Crippen molar-refractivity contribution in [1.82, 2.24) is 9.21 Å². The SMILES string of the molecule is COc1ccc(OC)c(S(=O)(=O)N2CCN(C(=O)C3(c4ccccc4)CCC3)CC2)c1. The van der Waals surface area contributed by atoms with Crippen LogP contribution in [0.4, 0.5) is 0 Å². The van der Waals surface area contributed by atoms with E-state index in [0.29, 0.717) is 18.8 Å². The number of hydrogen-bond acceptors (Lipinski definition) is 5. The first kappa shape index (κ1) is 21.6. The van der Waals surface area contributed by atoms with Gasteiger partial charge in [0.25, 0.3) is 0 Å². The van der Waals surface area contributed by atoms with Crippen molar-refractivity contribution in [3.05, 3.63) is 54.1 Å². The molecule has 0 atom stereocenters. The maximum absolute atomic E-state index is 13.4. The molecule has 0 spiro atoms. The Balaban J connectivity index is 1.51. The van der Waals surface area contributed by atoms with Crippen molar-refractivity contribution in [1.29, 1.82) is 0 Å². The lowest BCUT2D eigenvalue weighted by Gasteiger charge is -2.45. The first-order chi connectivity index (χ1) is 14.9. The molecule has 0 N–H and O–H groups in total. The summed E-state index contributed by atoms with van der Waals surface area (Å²) in [4.78, 5) is 15.3. The molecule has 0 aromatic heterocycles. The van der Waals surface area contributed by atoms with Crippen LogP contribution in [0, 0.1) is 0 Å². The zero-order valence-electron chi connectivity index (χ0n) is 17.9. The highest BCUT2D eigenvalue weighted by molar-refractivity contribution is 7.89. The van der Waals surface area contributed by atoms with Gasteiger partial charge in [-0.05, 0) is 30.5 Å². The Bertz CT molecular complexity index is 1040. The number of piperazine rings is 1. The van der Waals surface area contributed by atoms with Crippen LogP contribution < -0.4 is 9.47 Å². The number of rotatable bonds is 6. The van der Waals surface area contributed by atoms with Crippen LogP contribution >= 0.6 is 0 Å². The van der Waals surface area contributed by atoms with Gasteiger partial charge in [-0.1, -0.05) is 36.8 Å². The number of amides is 1. The lowest BCUT2D eigenvalue weighted by Crippen LogP contribution is -2.57. The minimum absolute atomic E-state index is 0.0777. The molecule has 7 nitrogen and oxygen atoms in total. The summed E-state index contributed by atoms with van der Waals surface area (Å²) in [6.07, 6.45) is 2.72. The zero-order valence-corrected chi connectivity index (χ0v) is 18.7. The Morgan fingerprint density at radius 1 is 0.935 bits per heavy atom. The molecule has 0 bridgehead atoms. The van der Waals surface area contributed by atoms with Crippen LogP contribution in [0.25, 0.3) is 0 Å². The van der Waals surface area contributed by atoms with Crippen molar-refractivity contribution in [2.45, 2.75) is 29.6 Å². The van der Waals surface area contributed by atoms with Gasteiger partial charge in [-0.25, -0.2) is 8.42 Å². The van der Waals surface area contributed by atoms with Crippen molar-refractivity contribution in [2.24, 2.45) is 0 Å². The second-order valence-electron chi connectivity index (χ2n) is 8.01. The molecule has 2 aromatic rings. The summed E-state index contributed by atoms with van der Waals surface area (Å²) in [5.41, 5.74) is 0.598. The Labute approximate surface area is 183 Å². The van der Waals surface area contributed by atoms with Gasteiger partial charge in [0.15, 0.2) is 0 Å². The van der Waals surface area contributed by atoms with Crippen LogP contribution in [-0.2, 0) is 20.2 Å². The molecule has 166 valence electrons. The first-order valence-corrected chi connectivity index (χ1v) is 11.9. The van der Waals surface area contributed by atoms with E-state index in [4.69, 9.17) is 9.47 Å². The highest BCUT2D eigenvalue weighted by atomic mass is 32.2. The Hall–Kier alpha value is -2.58. The number of methoxy groups -OCH3 is 2. The molecule has 0 radical (unpaired) electrons. The fourth-order valence-electron chi connectivity index (χ4n) is 4.47. The van der Waals surface area contributed by atoms with E-state index in [1.807, 2.05) is 35.2 Å². The van der Waals surface area contributed by atoms with Gasteiger partial charge in [0.1, 0.15) is 16.4 Å². The predicted molar refractivity (Wildman–Crippen MR) is 117 cm³/mol. The molecule has 0 unspecified atom stereocenters. The van der Waals surface area contributed by atoms with Crippen molar-refractivity contribution < 1.29 is 22.7 Å². The Morgan fingerprint density at radius 3 is 2.16 bits per heavy atom. The number of benzene rings is 2. The normalized spacial score (nSPS) is 18.8.